The van der Waals surface area contributed by atoms with E-state index in [-0.39, 0.29) is 0 Å². The van der Waals surface area contributed by atoms with Crippen molar-refractivity contribution >= 4 is 0 Å². The third kappa shape index (κ3) is 1.73. The predicted molar refractivity (Wildman–Crippen MR) is 45.9 cm³/mol. The molecule has 0 aromatic carbocycles. The van der Waals surface area contributed by atoms with E-state index in [9.17, 15) is 0 Å². The summed E-state index contributed by atoms with van der Waals surface area (Å²) in [6.07, 6.45) is 10.9. The van der Waals surface area contributed by atoms with Crippen LogP contribution < -0.4 is 0 Å². The Morgan fingerprint density at radius 3 is 2.90 bits per heavy atom. The highest BCUT2D eigenvalue weighted by atomic mass is 14.1. The molecule has 1 aliphatic carbocycles. The zero-order chi connectivity index (χ0) is 7.40. The van der Waals surface area contributed by atoms with Gasteiger partial charge in [-0.2, -0.15) is 0 Å². The van der Waals surface area contributed by atoms with Gasteiger partial charge in [-0.1, -0.05) is 23.8 Å². The van der Waals surface area contributed by atoms with Crippen molar-refractivity contribution in [3.8, 4) is 0 Å². The van der Waals surface area contributed by atoms with Crippen LogP contribution in [0.5, 0.6) is 0 Å². The van der Waals surface area contributed by atoms with Crippen LogP contribution >= 0.6 is 0 Å². The monoisotopic (exact) mass is 136 g/mol. The Balaban J connectivity index is 2.55. The first-order valence-electron chi connectivity index (χ1n) is 4.14. The molecule has 0 spiro atoms. The van der Waals surface area contributed by atoms with Crippen molar-refractivity contribution in [3.63, 3.8) is 0 Å². The molecule has 0 aromatic rings. The topological polar surface area (TPSA) is 0 Å². The Bertz CT molecular complexity index is 151. The molecule has 0 amide bonds. The van der Waals surface area contributed by atoms with Crippen molar-refractivity contribution in [3.05, 3.63) is 23.8 Å². The Hall–Kier alpha value is -0.520. The van der Waals surface area contributed by atoms with Crippen LogP contribution in [0.25, 0.3) is 0 Å². The van der Waals surface area contributed by atoms with E-state index >= 15 is 0 Å². The molecule has 1 unspecified atom stereocenters. The normalized spacial score (nSPS) is 27.0. The van der Waals surface area contributed by atoms with E-state index in [1.807, 2.05) is 0 Å². The quantitative estimate of drug-likeness (QED) is 0.485. The molecule has 0 saturated heterocycles. The second-order valence-electron chi connectivity index (χ2n) is 3.00. The molecule has 0 nitrogen and oxygen atoms in total. The van der Waals surface area contributed by atoms with Crippen LogP contribution in [-0.4, -0.2) is 0 Å². The number of allylic oxidation sites excluding steroid dienone is 4. The summed E-state index contributed by atoms with van der Waals surface area (Å²) in [5.74, 6) is 0.749. The second kappa shape index (κ2) is 3.60. The molecule has 10 heavy (non-hydrogen) atoms. The molecule has 1 atom stereocenters. The summed E-state index contributed by atoms with van der Waals surface area (Å²) in [4.78, 5) is 0. The van der Waals surface area contributed by atoms with Crippen LogP contribution in [0, 0.1) is 5.92 Å². The van der Waals surface area contributed by atoms with E-state index in [4.69, 9.17) is 0 Å². The summed E-state index contributed by atoms with van der Waals surface area (Å²) in [6, 6.07) is 0. The van der Waals surface area contributed by atoms with Crippen LogP contribution in [0.1, 0.15) is 33.1 Å². The minimum atomic E-state index is 0.749. The molecule has 1 rings (SSSR count). The van der Waals surface area contributed by atoms with Gasteiger partial charge in [0.15, 0.2) is 0 Å². The fourth-order valence-electron chi connectivity index (χ4n) is 1.41. The highest BCUT2D eigenvalue weighted by Gasteiger charge is 2.08. The molecular weight excluding hydrogens is 120 g/mol. The van der Waals surface area contributed by atoms with Gasteiger partial charge in [0.2, 0.25) is 0 Å². The summed E-state index contributed by atoms with van der Waals surface area (Å²) in [6.45, 7) is 4.35. The smallest absolute Gasteiger partial charge is 0.00261 e. The van der Waals surface area contributed by atoms with Gasteiger partial charge in [-0.3, -0.25) is 0 Å². The molecule has 0 bridgehead atoms. The van der Waals surface area contributed by atoms with Crippen LogP contribution in [0.3, 0.4) is 0 Å². The highest BCUT2D eigenvalue weighted by Crippen LogP contribution is 2.23. The van der Waals surface area contributed by atoms with Crippen molar-refractivity contribution in [2.75, 3.05) is 0 Å². The average molecular weight is 136 g/mol. The lowest BCUT2D eigenvalue weighted by Crippen LogP contribution is -2.01. The minimum Gasteiger partial charge on any atom is -0.0881 e. The van der Waals surface area contributed by atoms with Gasteiger partial charge in [0.1, 0.15) is 0 Å². The van der Waals surface area contributed by atoms with E-state index in [2.05, 4.69) is 32.1 Å². The Morgan fingerprint density at radius 1 is 1.60 bits per heavy atom. The van der Waals surface area contributed by atoms with Crippen molar-refractivity contribution in [2.45, 2.75) is 33.1 Å². The first-order chi connectivity index (χ1) is 4.84. The van der Waals surface area contributed by atoms with Gasteiger partial charge in [-0.25, -0.2) is 0 Å². The molecular formula is C10H16. The van der Waals surface area contributed by atoms with E-state index in [0.29, 0.717) is 0 Å². The SMILES string of the molecule is CC=C(C)C1C=CCCC1. The zero-order valence-corrected chi connectivity index (χ0v) is 6.93. The molecule has 0 aromatic heterocycles. The van der Waals surface area contributed by atoms with E-state index in [1.165, 1.54) is 24.8 Å². The standard InChI is InChI=1S/C10H16/c1-3-9(2)10-7-5-4-6-8-10/h3,5,7,10H,4,6,8H2,1-2H3. The van der Waals surface area contributed by atoms with Gasteiger partial charge in [0.05, 0.1) is 0 Å². The predicted octanol–water partition coefficient (Wildman–Crippen LogP) is 3.31. The van der Waals surface area contributed by atoms with E-state index in [1.54, 1.807) is 0 Å². The fourth-order valence-corrected chi connectivity index (χ4v) is 1.41. The maximum Gasteiger partial charge on any atom is -0.00261 e. The summed E-state index contributed by atoms with van der Waals surface area (Å²) >= 11 is 0. The van der Waals surface area contributed by atoms with Crippen LogP contribution in [-0.2, 0) is 0 Å². The lowest BCUT2D eigenvalue weighted by molar-refractivity contribution is 0.604. The van der Waals surface area contributed by atoms with Crippen molar-refractivity contribution in [1.29, 1.82) is 0 Å². The number of hydrogen-bond donors (Lipinski definition) is 0. The molecule has 0 N–H and O–H groups in total. The number of hydrogen-bond acceptors (Lipinski definition) is 0. The highest BCUT2D eigenvalue weighted by molar-refractivity contribution is 5.11. The molecule has 0 fully saturated rings. The van der Waals surface area contributed by atoms with E-state index in [0.717, 1.165) is 5.92 Å². The van der Waals surface area contributed by atoms with Crippen LogP contribution in [0.15, 0.2) is 23.8 Å². The van der Waals surface area contributed by atoms with Gasteiger partial charge >= 0.3 is 0 Å². The second-order valence-corrected chi connectivity index (χ2v) is 3.00. The summed E-state index contributed by atoms with van der Waals surface area (Å²) in [5.41, 5.74) is 1.52. The summed E-state index contributed by atoms with van der Waals surface area (Å²) in [5, 5.41) is 0. The lowest BCUT2D eigenvalue weighted by Gasteiger charge is -2.16. The van der Waals surface area contributed by atoms with Gasteiger partial charge in [-0.05, 0) is 39.0 Å². The van der Waals surface area contributed by atoms with Crippen LogP contribution in [0.2, 0.25) is 0 Å². The Kier molecular flexibility index (Phi) is 2.73. The molecule has 0 radical (unpaired) electrons. The molecule has 1 aliphatic rings. The molecule has 0 saturated carbocycles. The fraction of sp³-hybridized carbons (Fsp3) is 0.600. The van der Waals surface area contributed by atoms with Crippen molar-refractivity contribution in [1.82, 2.24) is 0 Å². The molecule has 0 heteroatoms. The van der Waals surface area contributed by atoms with Gasteiger partial charge in [-0.15, -0.1) is 0 Å². The molecule has 0 heterocycles. The first kappa shape index (κ1) is 7.59. The minimum absolute atomic E-state index is 0.749. The molecule has 56 valence electrons. The maximum atomic E-state index is 2.35. The van der Waals surface area contributed by atoms with Crippen molar-refractivity contribution in [2.24, 2.45) is 5.92 Å². The largest absolute Gasteiger partial charge is 0.0881 e. The van der Waals surface area contributed by atoms with Crippen LogP contribution in [0.4, 0.5) is 0 Å². The Labute approximate surface area is 63.6 Å². The average Bonchev–Trinajstić information content (AvgIpc) is 2.05. The van der Waals surface area contributed by atoms with E-state index < -0.39 is 0 Å². The zero-order valence-electron chi connectivity index (χ0n) is 6.93. The Morgan fingerprint density at radius 2 is 2.40 bits per heavy atom. The summed E-state index contributed by atoms with van der Waals surface area (Å²) < 4.78 is 0. The van der Waals surface area contributed by atoms with Gasteiger partial charge in [0.25, 0.3) is 0 Å². The first-order valence-corrected chi connectivity index (χ1v) is 4.14. The molecule has 0 aliphatic heterocycles. The number of rotatable bonds is 1. The van der Waals surface area contributed by atoms with Gasteiger partial charge in [0, 0.05) is 0 Å². The third-order valence-corrected chi connectivity index (χ3v) is 2.29. The van der Waals surface area contributed by atoms with Crippen molar-refractivity contribution < 1.29 is 0 Å². The third-order valence-electron chi connectivity index (χ3n) is 2.29. The summed E-state index contributed by atoms with van der Waals surface area (Å²) in [7, 11) is 0. The maximum absolute atomic E-state index is 2.35. The van der Waals surface area contributed by atoms with Gasteiger partial charge < -0.3 is 0 Å². The lowest BCUT2D eigenvalue weighted by atomic mass is 9.90.